The molecule has 1 aliphatic carbocycles. The highest BCUT2D eigenvalue weighted by Gasteiger charge is 2.18. The molecule has 0 aliphatic heterocycles. The van der Waals surface area contributed by atoms with E-state index in [9.17, 15) is 0 Å². The van der Waals surface area contributed by atoms with Crippen molar-refractivity contribution in [3.63, 3.8) is 0 Å². The number of hydrogen-bond donors (Lipinski definition) is 1. The van der Waals surface area contributed by atoms with Gasteiger partial charge in [0.1, 0.15) is 6.07 Å². The van der Waals surface area contributed by atoms with E-state index in [0.717, 1.165) is 6.42 Å². The van der Waals surface area contributed by atoms with Gasteiger partial charge in [-0.2, -0.15) is 5.26 Å². The van der Waals surface area contributed by atoms with Crippen LogP contribution in [0.2, 0.25) is 0 Å². The fourth-order valence-electron chi connectivity index (χ4n) is 2.18. The molecule has 4 nitrogen and oxygen atoms in total. The highest BCUT2D eigenvalue weighted by atomic mass is 16.4. The molecule has 15 heavy (non-hydrogen) atoms. The molecule has 80 valence electrons. The Labute approximate surface area is 89.1 Å². The molecule has 2 rings (SSSR count). The van der Waals surface area contributed by atoms with E-state index in [4.69, 9.17) is 15.4 Å². The average Bonchev–Trinajstić information content (AvgIpc) is 2.60. The van der Waals surface area contributed by atoms with Gasteiger partial charge < -0.3 is 10.2 Å². The molecule has 1 saturated carbocycles. The summed E-state index contributed by atoms with van der Waals surface area (Å²) in [6.07, 6.45) is 7.24. The van der Waals surface area contributed by atoms with Crippen molar-refractivity contribution in [3.8, 4) is 6.07 Å². The van der Waals surface area contributed by atoms with Gasteiger partial charge in [0.15, 0.2) is 5.89 Å². The minimum atomic E-state index is 0.156. The van der Waals surface area contributed by atoms with Gasteiger partial charge in [-0.15, -0.1) is 0 Å². The minimum Gasteiger partial charge on any atom is -0.424 e. The first-order chi connectivity index (χ1) is 7.29. The number of oxazole rings is 1. The topological polar surface area (TPSA) is 75.8 Å². The molecule has 0 bridgehead atoms. The Morgan fingerprint density at radius 1 is 1.40 bits per heavy atom. The number of anilines is 1. The fraction of sp³-hybridized carbons (Fsp3) is 0.636. The third kappa shape index (κ3) is 2.30. The van der Waals surface area contributed by atoms with E-state index < -0.39 is 0 Å². The molecule has 0 unspecified atom stereocenters. The SMILES string of the molecule is N#Cc1nc(CC2CCCCC2)oc1N. The van der Waals surface area contributed by atoms with Gasteiger partial charge in [0.25, 0.3) is 0 Å². The molecule has 1 heterocycles. The van der Waals surface area contributed by atoms with E-state index in [1.165, 1.54) is 32.1 Å². The smallest absolute Gasteiger partial charge is 0.229 e. The summed E-state index contributed by atoms with van der Waals surface area (Å²) < 4.78 is 5.25. The van der Waals surface area contributed by atoms with Crippen LogP contribution in [0.15, 0.2) is 4.42 Å². The number of nitrogen functional groups attached to an aromatic ring is 1. The second-order valence-electron chi connectivity index (χ2n) is 4.14. The Kier molecular flexibility index (Phi) is 2.91. The van der Waals surface area contributed by atoms with E-state index in [0.29, 0.717) is 11.8 Å². The number of hydrogen-bond acceptors (Lipinski definition) is 4. The molecule has 2 N–H and O–H groups in total. The standard InChI is InChI=1S/C11H15N3O/c12-7-9-11(13)15-10(14-9)6-8-4-2-1-3-5-8/h8H,1-6,13H2. The van der Waals surface area contributed by atoms with E-state index in [2.05, 4.69) is 4.98 Å². The van der Waals surface area contributed by atoms with Crippen LogP contribution in [0, 0.1) is 17.2 Å². The largest absolute Gasteiger partial charge is 0.424 e. The van der Waals surface area contributed by atoms with Crippen LogP contribution in [0.5, 0.6) is 0 Å². The van der Waals surface area contributed by atoms with Crippen molar-refractivity contribution in [3.05, 3.63) is 11.6 Å². The Balaban J connectivity index is 2.01. The van der Waals surface area contributed by atoms with Gasteiger partial charge in [-0.3, -0.25) is 0 Å². The first kappa shape index (κ1) is 10.0. The molecule has 4 heteroatoms. The van der Waals surface area contributed by atoms with E-state index in [1.54, 1.807) is 0 Å². The Hall–Kier alpha value is -1.50. The summed E-state index contributed by atoms with van der Waals surface area (Å²) in [5, 5.41) is 8.69. The highest BCUT2D eigenvalue weighted by molar-refractivity contribution is 5.40. The van der Waals surface area contributed by atoms with Crippen LogP contribution in [0.25, 0.3) is 0 Å². The number of nitrogens with two attached hydrogens (primary N) is 1. The van der Waals surface area contributed by atoms with Crippen molar-refractivity contribution < 1.29 is 4.42 Å². The Bertz CT molecular complexity index is 372. The van der Waals surface area contributed by atoms with Crippen molar-refractivity contribution in [2.45, 2.75) is 38.5 Å². The molecule has 0 radical (unpaired) electrons. The summed E-state index contributed by atoms with van der Waals surface area (Å²) in [6.45, 7) is 0. The third-order valence-electron chi connectivity index (χ3n) is 2.99. The number of rotatable bonds is 2. The zero-order valence-corrected chi connectivity index (χ0v) is 8.70. The zero-order valence-electron chi connectivity index (χ0n) is 8.70. The van der Waals surface area contributed by atoms with Crippen molar-refractivity contribution in [2.24, 2.45) is 5.92 Å². The first-order valence-electron chi connectivity index (χ1n) is 5.45. The van der Waals surface area contributed by atoms with E-state index in [-0.39, 0.29) is 11.6 Å². The van der Waals surface area contributed by atoms with Crippen LogP contribution in [0.4, 0.5) is 5.88 Å². The number of nitrogens with zero attached hydrogens (tertiary/aromatic N) is 2. The molecule has 0 atom stereocenters. The van der Waals surface area contributed by atoms with Crippen LogP contribution in [-0.2, 0) is 6.42 Å². The van der Waals surface area contributed by atoms with Gasteiger partial charge in [-0.05, 0) is 18.8 Å². The first-order valence-corrected chi connectivity index (χ1v) is 5.45. The molecule has 0 saturated heterocycles. The monoisotopic (exact) mass is 205 g/mol. The average molecular weight is 205 g/mol. The van der Waals surface area contributed by atoms with Gasteiger partial charge in [0.05, 0.1) is 0 Å². The van der Waals surface area contributed by atoms with Crippen LogP contribution in [0.1, 0.15) is 43.7 Å². The summed E-state index contributed by atoms with van der Waals surface area (Å²) in [4.78, 5) is 4.07. The maximum absolute atomic E-state index is 8.69. The van der Waals surface area contributed by atoms with Gasteiger partial charge in [-0.25, -0.2) is 4.98 Å². The molecule has 1 aliphatic rings. The summed E-state index contributed by atoms with van der Waals surface area (Å²) >= 11 is 0. The molecule has 0 amide bonds. The highest BCUT2D eigenvalue weighted by Crippen LogP contribution is 2.27. The van der Waals surface area contributed by atoms with Crippen molar-refractivity contribution in [2.75, 3.05) is 5.73 Å². The molecular weight excluding hydrogens is 190 g/mol. The van der Waals surface area contributed by atoms with Crippen molar-refractivity contribution in [1.29, 1.82) is 5.26 Å². The molecule has 1 fully saturated rings. The third-order valence-corrected chi connectivity index (χ3v) is 2.99. The summed E-state index contributed by atoms with van der Waals surface area (Å²) in [6, 6.07) is 1.92. The number of aromatic nitrogens is 1. The maximum atomic E-state index is 8.69. The minimum absolute atomic E-state index is 0.156. The molecular formula is C11H15N3O. The van der Waals surface area contributed by atoms with Crippen LogP contribution in [0.3, 0.4) is 0 Å². The van der Waals surface area contributed by atoms with Crippen LogP contribution >= 0.6 is 0 Å². The lowest BCUT2D eigenvalue weighted by Crippen LogP contribution is -2.09. The van der Waals surface area contributed by atoms with Crippen molar-refractivity contribution in [1.82, 2.24) is 4.98 Å². The lowest BCUT2D eigenvalue weighted by Gasteiger charge is -2.19. The summed E-state index contributed by atoms with van der Waals surface area (Å²) in [7, 11) is 0. The maximum Gasteiger partial charge on any atom is 0.229 e. The second kappa shape index (κ2) is 4.35. The second-order valence-corrected chi connectivity index (χ2v) is 4.14. The quantitative estimate of drug-likeness (QED) is 0.803. The molecule has 1 aromatic heterocycles. The normalized spacial score (nSPS) is 17.5. The summed E-state index contributed by atoms with van der Waals surface area (Å²) in [5.74, 6) is 1.43. The molecule has 1 aromatic rings. The van der Waals surface area contributed by atoms with Gasteiger partial charge >= 0.3 is 0 Å². The van der Waals surface area contributed by atoms with Crippen LogP contribution < -0.4 is 5.73 Å². The molecule has 0 spiro atoms. The van der Waals surface area contributed by atoms with Gasteiger partial charge in [0, 0.05) is 6.42 Å². The van der Waals surface area contributed by atoms with Gasteiger partial charge in [-0.1, -0.05) is 19.3 Å². The molecule has 0 aromatic carbocycles. The van der Waals surface area contributed by atoms with Crippen molar-refractivity contribution >= 4 is 5.88 Å². The zero-order chi connectivity index (χ0) is 10.7. The summed E-state index contributed by atoms with van der Waals surface area (Å²) in [5.41, 5.74) is 5.73. The van der Waals surface area contributed by atoms with Crippen LogP contribution in [-0.4, -0.2) is 4.98 Å². The fourth-order valence-corrected chi connectivity index (χ4v) is 2.18. The van der Waals surface area contributed by atoms with E-state index >= 15 is 0 Å². The lowest BCUT2D eigenvalue weighted by atomic mass is 9.87. The Morgan fingerprint density at radius 3 is 2.73 bits per heavy atom. The van der Waals surface area contributed by atoms with Gasteiger partial charge in [0.2, 0.25) is 11.6 Å². The predicted molar refractivity (Wildman–Crippen MR) is 55.9 cm³/mol. The lowest BCUT2D eigenvalue weighted by molar-refractivity contribution is 0.331. The number of nitriles is 1. The Morgan fingerprint density at radius 2 is 2.13 bits per heavy atom. The predicted octanol–water partition coefficient (Wildman–Crippen LogP) is 2.25. The van der Waals surface area contributed by atoms with E-state index in [1.807, 2.05) is 6.07 Å².